The van der Waals surface area contributed by atoms with Crippen LogP contribution in [0.3, 0.4) is 0 Å². The zero-order chi connectivity index (χ0) is 15.0. The van der Waals surface area contributed by atoms with Gasteiger partial charge in [-0.1, -0.05) is 25.5 Å². The van der Waals surface area contributed by atoms with E-state index in [1.54, 1.807) is 6.07 Å². The smallest absolute Gasteiger partial charge is 0.315 e. The number of rotatable bonds is 9. The standard InChI is InChI=1S/C15H22FNO3/c1-2-3-8-20-9-7-15(11-17,14(18)19)12-5-4-6-13(16)10-12/h4-6,10H,2-3,7-9,11,17H2,1H3,(H,18,19). The summed E-state index contributed by atoms with van der Waals surface area (Å²) in [6.45, 7) is 2.85. The molecule has 0 radical (unpaired) electrons. The number of unbranched alkanes of at least 4 members (excludes halogenated alkanes) is 1. The Morgan fingerprint density at radius 2 is 2.20 bits per heavy atom. The Morgan fingerprint density at radius 1 is 1.45 bits per heavy atom. The fourth-order valence-electron chi connectivity index (χ4n) is 2.06. The van der Waals surface area contributed by atoms with E-state index in [2.05, 4.69) is 6.92 Å². The van der Waals surface area contributed by atoms with Gasteiger partial charge in [0.25, 0.3) is 0 Å². The summed E-state index contributed by atoms with van der Waals surface area (Å²) in [6, 6.07) is 5.60. The topological polar surface area (TPSA) is 72.5 Å². The van der Waals surface area contributed by atoms with E-state index in [0.717, 1.165) is 12.8 Å². The van der Waals surface area contributed by atoms with Crippen molar-refractivity contribution in [2.24, 2.45) is 5.73 Å². The quantitative estimate of drug-likeness (QED) is 0.682. The number of carbonyl (C=O) groups is 1. The lowest BCUT2D eigenvalue weighted by molar-refractivity contribution is -0.144. The van der Waals surface area contributed by atoms with Crippen molar-refractivity contribution in [3.63, 3.8) is 0 Å². The largest absolute Gasteiger partial charge is 0.481 e. The molecule has 1 aromatic carbocycles. The number of hydrogen-bond acceptors (Lipinski definition) is 3. The van der Waals surface area contributed by atoms with Crippen LogP contribution < -0.4 is 5.73 Å². The van der Waals surface area contributed by atoms with Crippen LogP contribution in [0.15, 0.2) is 24.3 Å². The third-order valence-corrected chi connectivity index (χ3v) is 3.45. The van der Waals surface area contributed by atoms with Crippen molar-refractivity contribution in [2.45, 2.75) is 31.6 Å². The van der Waals surface area contributed by atoms with Crippen LogP contribution >= 0.6 is 0 Å². The summed E-state index contributed by atoms with van der Waals surface area (Å²) in [4.78, 5) is 11.6. The van der Waals surface area contributed by atoms with Crippen molar-refractivity contribution < 1.29 is 19.0 Å². The van der Waals surface area contributed by atoms with E-state index in [-0.39, 0.29) is 13.0 Å². The highest BCUT2D eigenvalue weighted by atomic mass is 19.1. The first-order valence-corrected chi connectivity index (χ1v) is 6.84. The van der Waals surface area contributed by atoms with Crippen LogP contribution in [0.5, 0.6) is 0 Å². The second kappa shape index (κ2) is 7.97. The first kappa shape index (κ1) is 16.6. The highest BCUT2D eigenvalue weighted by Gasteiger charge is 2.39. The maximum atomic E-state index is 13.3. The van der Waals surface area contributed by atoms with E-state index in [1.165, 1.54) is 18.2 Å². The fourth-order valence-corrected chi connectivity index (χ4v) is 2.06. The van der Waals surface area contributed by atoms with E-state index in [9.17, 15) is 14.3 Å². The molecule has 20 heavy (non-hydrogen) atoms. The molecular formula is C15H22FNO3. The molecule has 1 atom stereocenters. The lowest BCUT2D eigenvalue weighted by atomic mass is 9.78. The van der Waals surface area contributed by atoms with Gasteiger partial charge in [0, 0.05) is 19.8 Å². The third kappa shape index (κ3) is 4.02. The highest BCUT2D eigenvalue weighted by Crippen LogP contribution is 2.28. The Bertz CT molecular complexity index is 439. The predicted octanol–water partition coefficient (Wildman–Crippen LogP) is 2.31. The average Bonchev–Trinajstić information content (AvgIpc) is 2.43. The number of carboxylic acid groups (broad SMARTS) is 1. The maximum Gasteiger partial charge on any atom is 0.315 e. The second-order valence-electron chi connectivity index (χ2n) is 4.82. The molecular weight excluding hydrogens is 261 g/mol. The molecule has 0 aliphatic heterocycles. The fraction of sp³-hybridized carbons (Fsp3) is 0.533. The monoisotopic (exact) mass is 283 g/mol. The lowest BCUT2D eigenvalue weighted by Crippen LogP contribution is -2.44. The molecule has 0 aliphatic rings. The Balaban J connectivity index is 2.84. The van der Waals surface area contributed by atoms with E-state index < -0.39 is 17.2 Å². The molecule has 112 valence electrons. The molecule has 0 amide bonds. The Kier molecular flexibility index (Phi) is 6.61. The van der Waals surface area contributed by atoms with E-state index in [4.69, 9.17) is 10.5 Å². The van der Waals surface area contributed by atoms with Crippen LogP contribution in [-0.2, 0) is 14.9 Å². The van der Waals surface area contributed by atoms with Crippen LogP contribution in [0.1, 0.15) is 31.7 Å². The van der Waals surface area contributed by atoms with Crippen LogP contribution in [0, 0.1) is 5.82 Å². The van der Waals surface area contributed by atoms with Crippen molar-refractivity contribution in [2.75, 3.05) is 19.8 Å². The Hall–Kier alpha value is -1.46. The van der Waals surface area contributed by atoms with Gasteiger partial charge in [0.2, 0.25) is 0 Å². The summed E-state index contributed by atoms with van der Waals surface area (Å²) in [7, 11) is 0. The van der Waals surface area contributed by atoms with Gasteiger partial charge >= 0.3 is 5.97 Å². The van der Waals surface area contributed by atoms with Gasteiger partial charge in [0.1, 0.15) is 11.2 Å². The van der Waals surface area contributed by atoms with Crippen molar-refractivity contribution >= 4 is 5.97 Å². The van der Waals surface area contributed by atoms with Gasteiger partial charge in [0.05, 0.1) is 0 Å². The first-order chi connectivity index (χ1) is 9.56. The maximum absolute atomic E-state index is 13.3. The van der Waals surface area contributed by atoms with Gasteiger partial charge in [-0.2, -0.15) is 0 Å². The zero-order valence-electron chi connectivity index (χ0n) is 11.8. The number of ether oxygens (including phenoxy) is 1. The van der Waals surface area contributed by atoms with Gasteiger partial charge in [-0.3, -0.25) is 4.79 Å². The predicted molar refractivity (Wildman–Crippen MR) is 75.1 cm³/mol. The molecule has 1 unspecified atom stereocenters. The molecule has 0 saturated carbocycles. The molecule has 0 aromatic heterocycles. The summed E-state index contributed by atoms with van der Waals surface area (Å²) >= 11 is 0. The highest BCUT2D eigenvalue weighted by molar-refractivity contribution is 5.81. The number of halogens is 1. The first-order valence-electron chi connectivity index (χ1n) is 6.84. The van der Waals surface area contributed by atoms with Gasteiger partial charge in [-0.05, 0) is 30.5 Å². The molecule has 4 nitrogen and oxygen atoms in total. The normalized spacial score (nSPS) is 13.9. The van der Waals surface area contributed by atoms with Gasteiger partial charge < -0.3 is 15.6 Å². The number of benzene rings is 1. The minimum absolute atomic E-state index is 0.0943. The molecule has 0 spiro atoms. The zero-order valence-corrected chi connectivity index (χ0v) is 11.8. The summed E-state index contributed by atoms with van der Waals surface area (Å²) < 4.78 is 18.7. The number of nitrogens with two attached hydrogens (primary N) is 1. The average molecular weight is 283 g/mol. The molecule has 0 saturated heterocycles. The molecule has 0 bridgehead atoms. The van der Waals surface area contributed by atoms with Gasteiger partial charge in [-0.15, -0.1) is 0 Å². The molecule has 3 N–H and O–H groups in total. The van der Waals surface area contributed by atoms with E-state index >= 15 is 0 Å². The van der Waals surface area contributed by atoms with Gasteiger partial charge in [-0.25, -0.2) is 4.39 Å². The minimum atomic E-state index is -1.30. The Morgan fingerprint density at radius 3 is 2.75 bits per heavy atom. The van der Waals surface area contributed by atoms with Crippen LogP contribution in [0.4, 0.5) is 4.39 Å². The SMILES string of the molecule is CCCCOCCC(CN)(C(=O)O)c1cccc(F)c1. The van der Waals surface area contributed by atoms with Crippen LogP contribution in [0.25, 0.3) is 0 Å². The van der Waals surface area contributed by atoms with E-state index in [0.29, 0.717) is 18.8 Å². The third-order valence-electron chi connectivity index (χ3n) is 3.45. The molecule has 1 rings (SSSR count). The summed E-state index contributed by atoms with van der Waals surface area (Å²) in [5, 5.41) is 9.51. The molecule has 0 heterocycles. The molecule has 0 fully saturated rings. The molecule has 0 aliphatic carbocycles. The summed E-state index contributed by atoms with van der Waals surface area (Å²) in [5.74, 6) is -1.52. The van der Waals surface area contributed by atoms with Crippen molar-refractivity contribution in [1.29, 1.82) is 0 Å². The second-order valence-corrected chi connectivity index (χ2v) is 4.82. The number of carboxylic acids is 1. The summed E-state index contributed by atoms with van der Waals surface area (Å²) in [6.07, 6.45) is 2.18. The Labute approximate surface area is 118 Å². The number of hydrogen-bond donors (Lipinski definition) is 2. The van der Waals surface area contributed by atoms with E-state index in [1.807, 2.05) is 0 Å². The lowest BCUT2D eigenvalue weighted by Gasteiger charge is -2.28. The van der Waals surface area contributed by atoms with Crippen molar-refractivity contribution in [3.05, 3.63) is 35.6 Å². The number of aliphatic carboxylic acids is 1. The summed E-state index contributed by atoms with van der Waals surface area (Å²) in [5.41, 5.74) is 4.76. The minimum Gasteiger partial charge on any atom is -0.481 e. The molecule has 5 heteroatoms. The van der Waals surface area contributed by atoms with Crippen LogP contribution in [-0.4, -0.2) is 30.8 Å². The van der Waals surface area contributed by atoms with Crippen molar-refractivity contribution in [1.82, 2.24) is 0 Å². The molecule has 1 aromatic rings. The van der Waals surface area contributed by atoms with Gasteiger partial charge in [0.15, 0.2) is 0 Å². The van der Waals surface area contributed by atoms with Crippen molar-refractivity contribution in [3.8, 4) is 0 Å². The van der Waals surface area contributed by atoms with Crippen LogP contribution in [0.2, 0.25) is 0 Å².